The molecule has 0 saturated heterocycles. The zero-order chi connectivity index (χ0) is 19.5. The van der Waals surface area contributed by atoms with Crippen molar-refractivity contribution in [2.24, 2.45) is 0 Å². The van der Waals surface area contributed by atoms with Crippen molar-refractivity contribution in [1.82, 2.24) is 0 Å². The molecule has 0 spiro atoms. The van der Waals surface area contributed by atoms with Gasteiger partial charge in [-0.2, -0.15) is 0 Å². The second kappa shape index (κ2) is 10.5. The normalized spacial score (nSPS) is 13.3. The molecular formula is C23H28O4. The summed E-state index contributed by atoms with van der Waals surface area (Å²) in [6.07, 6.45) is 5.04. The van der Waals surface area contributed by atoms with Gasteiger partial charge in [-0.1, -0.05) is 60.7 Å². The maximum Gasteiger partial charge on any atom is 0.309 e. The fourth-order valence-corrected chi connectivity index (χ4v) is 2.73. The van der Waals surface area contributed by atoms with Crippen molar-refractivity contribution in [3.05, 3.63) is 77.9 Å². The van der Waals surface area contributed by atoms with Gasteiger partial charge in [0.1, 0.15) is 12.4 Å². The smallest absolute Gasteiger partial charge is 0.309 e. The van der Waals surface area contributed by atoms with Crippen molar-refractivity contribution in [3.8, 4) is 5.75 Å². The van der Waals surface area contributed by atoms with Crippen molar-refractivity contribution in [2.75, 3.05) is 6.61 Å². The van der Waals surface area contributed by atoms with Crippen molar-refractivity contribution in [1.29, 1.82) is 0 Å². The van der Waals surface area contributed by atoms with Gasteiger partial charge in [-0.05, 0) is 43.9 Å². The average molecular weight is 368 g/mol. The molecule has 2 aromatic rings. The summed E-state index contributed by atoms with van der Waals surface area (Å²) in [6, 6.07) is 18.0. The van der Waals surface area contributed by atoms with Crippen molar-refractivity contribution < 1.29 is 19.4 Å². The Morgan fingerprint density at radius 2 is 1.81 bits per heavy atom. The van der Waals surface area contributed by atoms with Crippen LogP contribution in [0.2, 0.25) is 0 Å². The molecule has 1 N–H and O–H groups in total. The first-order chi connectivity index (χ1) is 13.0. The number of ether oxygens (including phenoxy) is 2. The molecule has 0 radical (unpaired) electrons. The Balaban J connectivity index is 1.87. The van der Waals surface area contributed by atoms with Crippen LogP contribution in [0.4, 0.5) is 0 Å². The Labute approximate surface area is 161 Å². The van der Waals surface area contributed by atoms with E-state index in [2.05, 4.69) is 0 Å². The predicted octanol–water partition coefficient (Wildman–Crippen LogP) is 4.46. The predicted molar refractivity (Wildman–Crippen MR) is 107 cm³/mol. The summed E-state index contributed by atoms with van der Waals surface area (Å²) in [4.78, 5) is 11.5. The van der Waals surface area contributed by atoms with Gasteiger partial charge in [-0.15, -0.1) is 0 Å². The number of carbonyl (C=O) groups excluding carboxylic acids is 1. The highest BCUT2D eigenvalue weighted by atomic mass is 16.5. The molecule has 27 heavy (non-hydrogen) atoms. The molecular weight excluding hydrogens is 340 g/mol. The number of para-hydroxylation sites is 1. The van der Waals surface area contributed by atoms with E-state index in [1.54, 1.807) is 19.9 Å². The lowest BCUT2D eigenvalue weighted by atomic mass is 10.0. The second-order valence-electron chi connectivity index (χ2n) is 6.66. The maximum absolute atomic E-state index is 11.5. The van der Waals surface area contributed by atoms with E-state index in [0.717, 1.165) is 29.7 Å². The molecule has 0 aliphatic rings. The zero-order valence-corrected chi connectivity index (χ0v) is 16.1. The van der Waals surface area contributed by atoms with Crippen LogP contribution in [0.1, 0.15) is 37.8 Å². The summed E-state index contributed by atoms with van der Waals surface area (Å²) in [5, 5.41) is 10.3. The lowest BCUT2D eigenvalue weighted by molar-refractivity contribution is -0.146. The second-order valence-corrected chi connectivity index (χ2v) is 6.66. The van der Waals surface area contributed by atoms with Gasteiger partial charge in [0, 0.05) is 0 Å². The fourth-order valence-electron chi connectivity index (χ4n) is 2.73. The molecule has 144 valence electrons. The molecule has 0 bridgehead atoms. The molecule has 2 aromatic carbocycles. The van der Waals surface area contributed by atoms with Crippen LogP contribution in [0, 0.1) is 0 Å². The highest BCUT2D eigenvalue weighted by Crippen LogP contribution is 2.21. The summed E-state index contributed by atoms with van der Waals surface area (Å²) < 4.78 is 10.8. The lowest BCUT2D eigenvalue weighted by Gasteiger charge is -2.17. The highest BCUT2D eigenvalue weighted by Gasteiger charge is 2.21. The number of rotatable bonds is 10. The molecule has 0 heterocycles. The van der Waals surface area contributed by atoms with Gasteiger partial charge in [-0.3, -0.25) is 4.79 Å². The third-order valence-corrected chi connectivity index (χ3v) is 4.07. The minimum absolute atomic E-state index is 0.0475. The van der Waals surface area contributed by atoms with Crippen molar-refractivity contribution in [2.45, 2.75) is 45.3 Å². The van der Waals surface area contributed by atoms with Gasteiger partial charge in [0.15, 0.2) is 0 Å². The zero-order valence-electron chi connectivity index (χ0n) is 16.1. The van der Waals surface area contributed by atoms with E-state index in [1.807, 2.05) is 60.7 Å². The van der Waals surface area contributed by atoms with E-state index in [9.17, 15) is 9.90 Å². The summed E-state index contributed by atoms with van der Waals surface area (Å²) in [5.74, 6) is 0.472. The van der Waals surface area contributed by atoms with Crippen molar-refractivity contribution >= 4 is 5.97 Å². The quantitative estimate of drug-likeness (QED) is 0.497. The molecule has 0 aliphatic heterocycles. The van der Waals surface area contributed by atoms with Crippen LogP contribution < -0.4 is 4.74 Å². The van der Waals surface area contributed by atoms with Gasteiger partial charge < -0.3 is 14.6 Å². The van der Waals surface area contributed by atoms with E-state index in [-0.39, 0.29) is 6.42 Å². The molecule has 0 saturated carbocycles. The molecule has 1 unspecified atom stereocenters. The number of hydrogen-bond donors (Lipinski definition) is 1. The number of aliphatic hydroxyl groups is 1. The number of benzene rings is 2. The minimum Gasteiger partial charge on any atom is -0.489 e. The Hall–Kier alpha value is -2.59. The molecule has 0 amide bonds. The first-order valence-electron chi connectivity index (χ1n) is 9.30. The number of esters is 1. The Kier molecular flexibility index (Phi) is 8.08. The van der Waals surface area contributed by atoms with Gasteiger partial charge in [-0.25, -0.2) is 0 Å². The summed E-state index contributed by atoms with van der Waals surface area (Å²) in [6.45, 7) is 4.21. The summed E-state index contributed by atoms with van der Waals surface area (Å²) in [7, 11) is 0. The SMILES string of the molecule is CCOC(=O)CC(C)(O)/C=C/CCc1ccccc1OCc1ccccc1. The van der Waals surface area contributed by atoms with Crippen LogP contribution in [-0.4, -0.2) is 23.3 Å². The van der Waals surface area contributed by atoms with Crippen LogP contribution in [0.15, 0.2) is 66.7 Å². The molecule has 4 heteroatoms. The summed E-state index contributed by atoms with van der Waals surface area (Å²) in [5.41, 5.74) is 1.04. The lowest BCUT2D eigenvalue weighted by Crippen LogP contribution is -2.26. The molecule has 0 fully saturated rings. The minimum atomic E-state index is -1.20. The third kappa shape index (κ3) is 7.67. The van der Waals surface area contributed by atoms with Crippen LogP contribution in [0.25, 0.3) is 0 Å². The van der Waals surface area contributed by atoms with E-state index in [4.69, 9.17) is 9.47 Å². The number of hydrogen-bond acceptors (Lipinski definition) is 4. The molecule has 0 aromatic heterocycles. The van der Waals surface area contributed by atoms with E-state index in [1.165, 1.54) is 0 Å². The first kappa shape index (κ1) is 20.7. The van der Waals surface area contributed by atoms with Gasteiger partial charge in [0.25, 0.3) is 0 Å². The largest absolute Gasteiger partial charge is 0.489 e. The van der Waals surface area contributed by atoms with Crippen LogP contribution >= 0.6 is 0 Å². The van der Waals surface area contributed by atoms with Crippen LogP contribution in [-0.2, 0) is 22.6 Å². The molecule has 2 rings (SSSR count). The average Bonchev–Trinajstić information content (AvgIpc) is 2.65. The highest BCUT2D eigenvalue weighted by molar-refractivity contribution is 5.71. The maximum atomic E-state index is 11.5. The number of carbonyl (C=O) groups is 1. The summed E-state index contributed by atoms with van der Waals surface area (Å²) >= 11 is 0. The van der Waals surface area contributed by atoms with Gasteiger partial charge >= 0.3 is 5.97 Å². The van der Waals surface area contributed by atoms with Crippen LogP contribution in [0.3, 0.4) is 0 Å². The van der Waals surface area contributed by atoms with Crippen LogP contribution in [0.5, 0.6) is 5.75 Å². The first-order valence-corrected chi connectivity index (χ1v) is 9.30. The molecule has 0 aliphatic carbocycles. The monoisotopic (exact) mass is 368 g/mol. The van der Waals surface area contributed by atoms with Crippen molar-refractivity contribution in [3.63, 3.8) is 0 Å². The van der Waals surface area contributed by atoms with E-state index < -0.39 is 11.6 Å². The van der Waals surface area contributed by atoms with E-state index in [0.29, 0.717) is 13.2 Å². The van der Waals surface area contributed by atoms with Gasteiger partial charge in [0.2, 0.25) is 0 Å². The fraction of sp³-hybridized carbons (Fsp3) is 0.348. The molecule has 4 nitrogen and oxygen atoms in total. The third-order valence-electron chi connectivity index (χ3n) is 4.07. The van der Waals surface area contributed by atoms with Gasteiger partial charge in [0.05, 0.1) is 18.6 Å². The number of aryl methyl sites for hydroxylation is 1. The Bertz CT molecular complexity index is 735. The Morgan fingerprint density at radius 1 is 1.11 bits per heavy atom. The van der Waals surface area contributed by atoms with E-state index >= 15 is 0 Å². The topological polar surface area (TPSA) is 55.8 Å². The Morgan fingerprint density at radius 3 is 2.56 bits per heavy atom. The molecule has 1 atom stereocenters. The number of allylic oxidation sites excluding steroid dienone is 1. The standard InChI is InChI=1S/C23H28O4/c1-3-26-22(24)17-23(2,25)16-10-9-14-20-13-7-8-15-21(20)27-18-19-11-5-4-6-12-19/h4-8,10-13,15-16,25H,3,9,14,17-18H2,1-2H3/b16-10+.